The van der Waals surface area contributed by atoms with E-state index in [1.165, 1.54) is 29.2 Å². The first-order valence-corrected chi connectivity index (χ1v) is 8.26. The molecule has 1 fully saturated rings. The van der Waals surface area contributed by atoms with Crippen molar-refractivity contribution in [2.45, 2.75) is 6.54 Å². The third-order valence-electron chi connectivity index (χ3n) is 4.17. The molecule has 6 nitrogen and oxygen atoms in total. The molecule has 0 unspecified atom stereocenters. The van der Waals surface area contributed by atoms with Crippen molar-refractivity contribution in [1.82, 2.24) is 4.90 Å². The van der Waals surface area contributed by atoms with Crippen LogP contribution in [0.15, 0.2) is 48.5 Å². The molecule has 1 aliphatic heterocycles. The van der Waals surface area contributed by atoms with Gasteiger partial charge in [-0.3, -0.25) is 4.90 Å². The molecule has 1 aliphatic rings. The van der Waals surface area contributed by atoms with Gasteiger partial charge in [0.15, 0.2) is 0 Å². The summed E-state index contributed by atoms with van der Waals surface area (Å²) in [5, 5.41) is 9.00. The van der Waals surface area contributed by atoms with E-state index in [9.17, 15) is 14.0 Å². The van der Waals surface area contributed by atoms with E-state index in [1.807, 2.05) is 0 Å². The molecule has 1 saturated heterocycles. The standard InChI is InChI=1S/C19H19FN2O4/c20-16-2-1-3-17(12-16)22(19(25)21-8-10-26-11-9-21)13-14-4-6-15(7-5-14)18(23)24/h1-7,12H,8-11,13H2,(H,23,24). The molecular formula is C19H19FN2O4. The number of amides is 2. The maximum absolute atomic E-state index is 13.7. The summed E-state index contributed by atoms with van der Waals surface area (Å²) in [5.41, 5.74) is 1.37. The number of benzene rings is 2. The van der Waals surface area contributed by atoms with Gasteiger partial charge in [-0.15, -0.1) is 0 Å². The average Bonchev–Trinajstić information content (AvgIpc) is 2.66. The number of urea groups is 1. The summed E-state index contributed by atoms with van der Waals surface area (Å²) in [4.78, 5) is 27.1. The van der Waals surface area contributed by atoms with Crippen molar-refractivity contribution in [3.05, 3.63) is 65.5 Å². The van der Waals surface area contributed by atoms with Gasteiger partial charge in [-0.05, 0) is 35.9 Å². The summed E-state index contributed by atoms with van der Waals surface area (Å²) in [6, 6.07) is 11.9. The zero-order valence-corrected chi connectivity index (χ0v) is 14.1. The minimum Gasteiger partial charge on any atom is -0.478 e. The number of ether oxygens (including phenoxy) is 1. The van der Waals surface area contributed by atoms with Gasteiger partial charge >= 0.3 is 12.0 Å². The van der Waals surface area contributed by atoms with Crippen molar-refractivity contribution >= 4 is 17.7 Å². The Labute approximate surface area is 150 Å². The smallest absolute Gasteiger partial charge is 0.335 e. The van der Waals surface area contributed by atoms with Gasteiger partial charge in [-0.2, -0.15) is 0 Å². The van der Waals surface area contributed by atoms with Crippen LogP contribution in [0.4, 0.5) is 14.9 Å². The number of nitrogens with zero attached hydrogens (tertiary/aromatic N) is 2. The molecule has 7 heteroatoms. The molecule has 1 heterocycles. The number of carboxylic acids is 1. The second-order valence-electron chi connectivity index (χ2n) is 5.95. The second-order valence-corrected chi connectivity index (χ2v) is 5.95. The summed E-state index contributed by atoms with van der Waals surface area (Å²) < 4.78 is 19.0. The number of carboxylic acid groups (broad SMARTS) is 1. The van der Waals surface area contributed by atoms with Gasteiger partial charge in [0.2, 0.25) is 0 Å². The van der Waals surface area contributed by atoms with E-state index in [2.05, 4.69) is 0 Å². The van der Waals surface area contributed by atoms with Crippen LogP contribution in [0.2, 0.25) is 0 Å². The maximum atomic E-state index is 13.7. The topological polar surface area (TPSA) is 70.1 Å². The molecule has 3 rings (SSSR count). The van der Waals surface area contributed by atoms with Crippen LogP contribution >= 0.6 is 0 Å². The molecule has 1 N–H and O–H groups in total. The van der Waals surface area contributed by atoms with E-state index in [1.54, 1.807) is 29.2 Å². The Bertz CT molecular complexity index is 788. The van der Waals surface area contributed by atoms with Crippen LogP contribution in [0, 0.1) is 5.82 Å². The number of carbonyl (C=O) groups excluding carboxylic acids is 1. The van der Waals surface area contributed by atoms with Crippen molar-refractivity contribution in [2.75, 3.05) is 31.2 Å². The highest BCUT2D eigenvalue weighted by molar-refractivity contribution is 5.92. The van der Waals surface area contributed by atoms with Gasteiger partial charge in [0.05, 0.1) is 25.3 Å². The molecule has 26 heavy (non-hydrogen) atoms. The zero-order chi connectivity index (χ0) is 18.5. The minimum absolute atomic E-state index is 0.172. The van der Waals surface area contributed by atoms with Crippen LogP contribution in [-0.4, -0.2) is 48.3 Å². The fourth-order valence-corrected chi connectivity index (χ4v) is 2.77. The first-order valence-electron chi connectivity index (χ1n) is 8.26. The average molecular weight is 358 g/mol. The van der Waals surface area contributed by atoms with E-state index in [0.717, 1.165) is 5.56 Å². The third-order valence-corrected chi connectivity index (χ3v) is 4.17. The molecular weight excluding hydrogens is 339 g/mol. The van der Waals surface area contributed by atoms with Crippen LogP contribution < -0.4 is 4.90 Å². The van der Waals surface area contributed by atoms with Crippen LogP contribution in [-0.2, 0) is 11.3 Å². The van der Waals surface area contributed by atoms with Gasteiger partial charge < -0.3 is 14.7 Å². The predicted molar refractivity (Wildman–Crippen MR) is 93.8 cm³/mol. The Balaban J connectivity index is 1.87. The number of carbonyl (C=O) groups is 2. The number of morpholine rings is 1. The first-order chi connectivity index (χ1) is 12.5. The van der Waals surface area contributed by atoms with Crippen LogP contribution in [0.25, 0.3) is 0 Å². The summed E-state index contributed by atoms with van der Waals surface area (Å²) in [7, 11) is 0. The van der Waals surface area contributed by atoms with E-state index in [0.29, 0.717) is 32.0 Å². The van der Waals surface area contributed by atoms with Crippen LogP contribution in [0.5, 0.6) is 0 Å². The van der Waals surface area contributed by atoms with E-state index < -0.39 is 11.8 Å². The zero-order valence-electron chi connectivity index (χ0n) is 14.1. The lowest BCUT2D eigenvalue weighted by Gasteiger charge is -2.33. The van der Waals surface area contributed by atoms with Crippen LogP contribution in [0.1, 0.15) is 15.9 Å². The predicted octanol–water partition coefficient (Wildman–Crippen LogP) is 2.98. The summed E-state index contributed by atoms with van der Waals surface area (Å²) in [6.07, 6.45) is 0. The Hall–Kier alpha value is -2.93. The molecule has 0 atom stereocenters. The number of halogens is 1. The van der Waals surface area contributed by atoms with Crippen molar-refractivity contribution in [2.24, 2.45) is 0 Å². The lowest BCUT2D eigenvalue weighted by Crippen LogP contribution is -2.48. The van der Waals surface area contributed by atoms with Gasteiger partial charge in [0.1, 0.15) is 5.82 Å². The number of hydrogen-bond donors (Lipinski definition) is 1. The van der Waals surface area contributed by atoms with E-state index in [4.69, 9.17) is 9.84 Å². The molecule has 0 aromatic heterocycles. The maximum Gasteiger partial charge on any atom is 0.335 e. The molecule has 2 aromatic carbocycles. The minimum atomic E-state index is -1.01. The summed E-state index contributed by atoms with van der Waals surface area (Å²) in [5.74, 6) is -1.44. The van der Waals surface area contributed by atoms with E-state index in [-0.39, 0.29) is 18.1 Å². The third kappa shape index (κ3) is 4.18. The van der Waals surface area contributed by atoms with Gasteiger partial charge in [0, 0.05) is 18.8 Å². The Morgan fingerprint density at radius 2 is 1.81 bits per heavy atom. The largest absolute Gasteiger partial charge is 0.478 e. The highest BCUT2D eigenvalue weighted by Gasteiger charge is 2.24. The van der Waals surface area contributed by atoms with Gasteiger partial charge in [-0.25, -0.2) is 14.0 Å². The monoisotopic (exact) mass is 358 g/mol. The normalized spacial score (nSPS) is 14.1. The number of hydrogen-bond acceptors (Lipinski definition) is 3. The Kier molecular flexibility index (Phi) is 5.48. The molecule has 0 aliphatic carbocycles. The first kappa shape index (κ1) is 17.9. The lowest BCUT2D eigenvalue weighted by atomic mass is 10.1. The van der Waals surface area contributed by atoms with Gasteiger partial charge in [-0.1, -0.05) is 18.2 Å². The van der Waals surface area contributed by atoms with Crippen molar-refractivity contribution in [1.29, 1.82) is 0 Å². The molecule has 2 aromatic rings. The van der Waals surface area contributed by atoms with Gasteiger partial charge in [0.25, 0.3) is 0 Å². The lowest BCUT2D eigenvalue weighted by molar-refractivity contribution is 0.0548. The fourth-order valence-electron chi connectivity index (χ4n) is 2.77. The molecule has 0 spiro atoms. The Morgan fingerprint density at radius 1 is 1.12 bits per heavy atom. The fraction of sp³-hybridized carbons (Fsp3) is 0.263. The molecule has 0 radical (unpaired) electrons. The SMILES string of the molecule is O=C(O)c1ccc(CN(C(=O)N2CCOCC2)c2cccc(F)c2)cc1. The molecule has 0 saturated carbocycles. The van der Waals surface area contributed by atoms with E-state index >= 15 is 0 Å². The van der Waals surface area contributed by atoms with Crippen molar-refractivity contribution < 1.29 is 23.8 Å². The molecule has 2 amide bonds. The molecule has 0 bridgehead atoms. The summed E-state index contributed by atoms with van der Waals surface area (Å²) >= 11 is 0. The van der Waals surface area contributed by atoms with Crippen molar-refractivity contribution in [3.63, 3.8) is 0 Å². The second kappa shape index (κ2) is 7.97. The highest BCUT2D eigenvalue weighted by Crippen LogP contribution is 2.21. The van der Waals surface area contributed by atoms with Crippen molar-refractivity contribution in [3.8, 4) is 0 Å². The number of anilines is 1. The highest BCUT2D eigenvalue weighted by atomic mass is 19.1. The summed E-state index contributed by atoms with van der Waals surface area (Å²) in [6.45, 7) is 2.09. The number of aromatic carboxylic acids is 1. The van der Waals surface area contributed by atoms with Crippen LogP contribution in [0.3, 0.4) is 0 Å². The number of rotatable bonds is 4. The molecule has 136 valence electrons. The Morgan fingerprint density at radius 3 is 2.42 bits per heavy atom. The quantitative estimate of drug-likeness (QED) is 0.912.